The Labute approximate surface area is 149 Å². The standard InChI is InChI=1S/C20H27NO4/c1-19(2,3)25-18(24)21-10-8-20(9-11-21)13-14(12-17(22)23)15-6-4-5-7-16(15)20/h4-7,14H,8-13H2,1-3H3,(H,22,23). The van der Waals surface area contributed by atoms with Crippen molar-refractivity contribution in [3.05, 3.63) is 35.4 Å². The van der Waals surface area contributed by atoms with E-state index in [0.717, 1.165) is 19.3 Å². The first-order valence-corrected chi connectivity index (χ1v) is 8.99. The topological polar surface area (TPSA) is 66.8 Å². The lowest BCUT2D eigenvalue weighted by atomic mass is 9.73. The Kier molecular flexibility index (Phi) is 4.52. The van der Waals surface area contributed by atoms with Crippen LogP contribution >= 0.6 is 0 Å². The Morgan fingerprint density at radius 3 is 2.48 bits per heavy atom. The molecule has 2 aliphatic rings. The number of rotatable bonds is 2. The van der Waals surface area contributed by atoms with E-state index in [-0.39, 0.29) is 23.8 Å². The van der Waals surface area contributed by atoms with Crippen LogP contribution in [0.25, 0.3) is 0 Å². The molecular weight excluding hydrogens is 318 g/mol. The molecule has 1 aliphatic heterocycles. The van der Waals surface area contributed by atoms with E-state index in [4.69, 9.17) is 4.74 Å². The number of nitrogens with zero attached hydrogens (tertiary/aromatic N) is 1. The number of hydrogen-bond donors (Lipinski definition) is 1. The van der Waals surface area contributed by atoms with Crippen molar-refractivity contribution in [2.45, 2.75) is 63.4 Å². The average molecular weight is 345 g/mol. The predicted octanol–water partition coefficient (Wildman–Crippen LogP) is 3.92. The van der Waals surface area contributed by atoms with Crippen molar-refractivity contribution in [2.24, 2.45) is 0 Å². The van der Waals surface area contributed by atoms with Crippen LogP contribution in [0.2, 0.25) is 0 Å². The monoisotopic (exact) mass is 345 g/mol. The zero-order valence-electron chi connectivity index (χ0n) is 15.2. The van der Waals surface area contributed by atoms with Gasteiger partial charge >= 0.3 is 12.1 Å². The van der Waals surface area contributed by atoms with Gasteiger partial charge in [0.1, 0.15) is 5.60 Å². The number of ether oxygens (including phenoxy) is 1. The maximum Gasteiger partial charge on any atom is 0.410 e. The number of hydrogen-bond acceptors (Lipinski definition) is 3. The summed E-state index contributed by atoms with van der Waals surface area (Å²) in [5.41, 5.74) is 1.97. The summed E-state index contributed by atoms with van der Waals surface area (Å²) in [6.45, 7) is 6.94. The summed E-state index contributed by atoms with van der Waals surface area (Å²) < 4.78 is 5.48. The molecular formula is C20H27NO4. The number of piperidine rings is 1. The molecule has 0 saturated carbocycles. The molecule has 1 N–H and O–H groups in total. The van der Waals surface area contributed by atoms with Gasteiger partial charge in [-0.2, -0.15) is 0 Å². The van der Waals surface area contributed by atoms with E-state index in [9.17, 15) is 14.7 Å². The van der Waals surface area contributed by atoms with Crippen molar-refractivity contribution in [1.29, 1.82) is 0 Å². The third-order valence-electron chi connectivity index (χ3n) is 5.40. The number of benzene rings is 1. The number of amides is 1. The molecule has 0 aromatic heterocycles. The Hall–Kier alpha value is -2.04. The molecule has 1 spiro atoms. The second-order valence-corrected chi connectivity index (χ2v) is 8.33. The van der Waals surface area contributed by atoms with Crippen LogP contribution in [-0.4, -0.2) is 40.8 Å². The van der Waals surface area contributed by atoms with E-state index >= 15 is 0 Å². The molecule has 1 aromatic carbocycles. The Balaban J connectivity index is 1.75. The summed E-state index contributed by atoms with van der Waals surface area (Å²) in [4.78, 5) is 25.3. The third kappa shape index (κ3) is 3.65. The maximum atomic E-state index is 12.3. The number of aliphatic carboxylic acids is 1. The highest BCUT2D eigenvalue weighted by Gasteiger charge is 2.46. The minimum atomic E-state index is -0.747. The molecule has 1 saturated heterocycles. The lowest BCUT2D eigenvalue weighted by Crippen LogP contribution is -2.46. The van der Waals surface area contributed by atoms with Crippen LogP contribution in [0.1, 0.15) is 63.5 Å². The van der Waals surface area contributed by atoms with Crippen molar-refractivity contribution in [3.63, 3.8) is 0 Å². The molecule has 5 heteroatoms. The normalized spacial score (nSPS) is 21.9. The van der Waals surface area contributed by atoms with Crippen LogP contribution < -0.4 is 0 Å². The van der Waals surface area contributed by atoms with Crippen molar-refractivity contribution in [1.82, 2.24) is 4.90 Å². The van der Waals surface area contributed by atoms with Crippen molar-refractivity contribution in [3.8, 4) is 0 Å². The van der Waals surface area contributed by atoms with Gasteiger partial charge in [-0.3, -0.25) is 4.79 Å². The number of carbonyl (C=O) groups excluding carboxylic acids is 1. The van der Waals surface area contributed by atoms with Crippen LogP contribution in [0, 0.1) is 0 Å². The molecule has 1 aromatic rings. The van der Waals surface area contributed by atoms with Gasteiger partial charge in [-0.25, -0.2) is 4.79 Å². The van der Waals surface area contributed by atoms with E-state index in [1.54, 1.807) is 4.90 Å². The zero-order chi connectivity index (χ0) is 18.2. The molecule has 1 aliphatic carbocycles. The predicted molar refractivity (Wildman–Crippen MR) is 94.8 cm³/mol. The number of carboxylic acid groups (broad SMARTS) is 1. The van der Waals surface area contributed by atoms with E-state index < -0.39 is 11.6 Å². The van der Waals surface area contributed by atoms with Gasteiger partial charge in [-0.15, -0.1) is 0 Å². The molecule has 1 atom stereocenters. The fourth-order valence-corrected chi connectivity index (χ4v) is 4.34. The van der Waals surface area contributed by atoms with Crippen LogP contribution in [0.3, 0.4) is 0 Å². The van der Waals surface area contributed by atoms with E-state index in [1.807, 2.05) is 32.9 Å². The van der Waals surface area contributed by atoms with Crippen molar-refractivity contribution >= 4 is 12.1 Å². The largest absolute Gasteiger partial charge is 0.481 e. The Morgan fingerprint density at radius 1 is 1.24 bits per heavy atom. The van der Waals surface area contributed by atoms with Gasteiger partial charge in [0.25, 0.3) is 0 Å². The van der Waals surface area contributed by atoms with Crippen LogP contribution in [0.5, 0.6) is 0 Å². The second kappa shape index (κ2) is 6.36. The summed E-state index contributed by atoms with van der Waals surface area (Å²) in [5.74, 6) is -0.676. The average Bonchev–Trinajstić information content (AvgIpc) is 2.80. The molecule has 0 radical (unpaired) electrons. The fraction of sp³-hybridized carbons (Fsp3) is 0.600. The maximum absolute atomic E-state index is 12.3. The molecule has 1 unspecified atom stereocenters. The minimum Gasteiger partial charge on any atom is -0.481 e. The van der Waals surface area contributed by atoms with Gasteiger partial charge in [-0.05, 0) is 62.5 Å². The van der Waals surface area contributed by atoms with E-state index in [2.05, 4.69) is 12.1 Å². The molecule has 1 heterocycles. The first-order chi connectivity index (χ1) is 11.7. The first kappa shape index (κ1) is 17.8. The van der Waals surface area contributed by atoms with Gasteiger partial charge in [0.15, 0.2) is 0 Å². The smallest absolute Gasteiger partial charge is 0.410 e. The van der Waals surface area contributed by atoms with E-state index in [0.29, 0.717) is 13.1 Å². The van der Waals surface area contributed by atoms with Gasteiger partial charge < -0.3 is 14.7 Å². The van der Waals surface area contributed by atoms with Gasteiger partial charge in [0, 0.05) is 13.1 Å². The van der Waals surface area contributed by atoms with Gasteiger partial charge in [-0.1, -0.05) is 24.3 Å². The highest BCUT2D eigenvalue weighted by Crippen LogP contribution is 2.52. The highest BCUT2D eigenvalue weighted by molar-refractivity contribution is 5.69. The van der Waals surface area contributed by atoms with Gasteiger partial charge in [0.05, 0.1) is 6.42 Å². The van der Waals surface area contributed by atoms with E-state index in [1.165, 1.54) is 11.1 Å². The first-order valence-electron chi connectivity index (χ1n) is 8.99. The molecule has 136 valence electrons. The fourth-order valence-electron chi connectivity index (χ4n) is 4.34. The Morgan fingerprint density at radius 2 is 1.88 bits per heavy atom. The molecule has 1 amide bonds. The number of fused-ring (bicyclic) bond motifs is 2. The van der Waals surface area contributed by atoms with Crippen molar-refractivity contribution < 1.29 is 19.4 Å². The molecule has 5 nitrogen and oxygen atoms in total. The SMILES string of the molecule is CC(C)(C)OC(=O)N1CCC2(CC1)CC(CC(=O)O)c1ccccc12. The summed E-state index contributed by atoms with van der Waals surface area (Å²) >= 11 is 0. The molecule has 25 heavy (non-hydrogen) atoms. The van der Waals surface area contributed by atoms with Crippen molar-refractivity contribution in [2.75, 3.05) is 13.1 Å². The van der Waals surface area contributed by atoms with Crippen LogP contribution in [0.4, 0.5) is 4.79 Å². The summed E-state index contributed by atoms with van der Waals surface area (Å²) in [7, 11) is 0. The highest BCUT2D eigenvalue weighted by atomic mass is 16.6. The van der Waals surface area contributed by atoms with Gasteiger partial charge in [0.2, 0.25) is 0 Å². The summed E-state index contributed by atoms with van der Waals surface area (Å²) in [5, 5.41) is 9.24. The van der Waals surface area contributed by atoms with Crippen LogP contribution in [0.15, 0.2) is 24.3 Å². The summed E-state index contributed by atoms with van der Waals surface area (Å²) in [6, 6.07) is 8.23. The van der Waals surface area contributed by atoms with Crippen LogP contribution in [-0.2, 0) is 14.9 Å². The summed E-state index contributed by atoms with van der Waals surface area (Å²) in [6.07, 6.45) is 2.50. The third-order valence-corrected chi connectivity index (χ3v) is 5.40. The molecule has 0 bridgehead atoms. The lowest BCUT2D eigenvalue weighted by Gasteiger charge is -2.40. The quantitative estimate of drug-likeness (QED) is 0.882. The number of likely N-dealkylation sites (tertiary alicyclic amines) is 1. The zero-order valence-corrected chi connectivity index (χ0v) is 15.2. The Bertz CT molecular complexity index is 669. The second-order valence-electron chi connectivity index (χ2n) is 8.33. The molecule has 3 rings (SSSR count). The number of carbonyl (C=O) groups is 2. The minimum absolute atomic E-state index is 0.00474. The number of carboxylic acids is 1. The molecule has 1 fully saturated rings. The lowest BCUT2D eigenvalue weighted by molar-refractivity contribution is -0.137.